The van der Waals surface area contributed by atoms with Crippen LogP contribution in [0, 0.1) is 37.9 Å². The summed E-state index contributed by atoms with van der Waals surface area (Å²) in [6, 6.07) is 11.7. The van der Waals surface area contributed by atoms with Gasteiger partial charge in [0.1, 0.15) is 23.2 Å². The molecule has 1 aromatic carbocycles. The molecule has 0 fully saturated rings. The van der Waals surface area contributed by atoms with Gasteiger partial charge in [0.05, 0.1) is 5.69 Å². The molecule has 6 nitrogen and oxygen atoms in total. The first kappa shape index (κ1) is 18.1. The molecule has 2 aromatic heterocycles. The topological polar surface area (TPSA) is 83.9 Å². The van der Waals surface area contributed by atoms with E-state index in [4.69, 9.17) is 4.52 Å². The first-order valence-corrected chi connectivity index (χ1v) is 8.21. The summed E-state index contributed by atoms with van der Waals surface area (Å²) < 4.78 is 20.8. The van der Waals surface area contributed by atoms with Gasteiger partial charge in [-0.2, -0.15) is 5.26 Å². The number of hydrogen-bond donors (Lipinski definition) is 1. The third kappa shape index (κ3) is 3.65. The number of aromatic nitrogens is 2. The number of amides is 1. The Bertz CT molecular complexity index is 1090. The lowest BCUT2D eigenvalue weighted by Crippen LogP contribution is -2.13. The Labute approximate surface area is 155 Å². The first-order chi connectivity index (χ1) is 12.9. The molecule has 0 atom stereocenters. The lowest BCUT2D eigenvalue weighted by atomic mass is 10.1. The molecular weight excluding hydrogens is 347 g/mol. The molecule has 0 unspecified atom stereocenters. The summed E-state index contributed by atoms with van der Waals surface area (Å²) >= 11 is 0. The highest BCUT2D eigenvalue weighted by Crippen LogP contribution is 2.24. The Balaban J connectivity index is 1.96. The van der Waals surface area contributed by atoms with Gasteiger partial charge >= 0.3 is 0 Å². The van der Waals surface area contributed by atoms with E-state index in [1.807, 2.05) is 13.0 Å². The number of aryl methyl sites for hydroxylation is 2. The van der Waals surface area contributed by atoms with Crippen molar-refractivity contribution in [3.05, 3.63) is 70.5 Å². The van der Waals surface area contributed by atoms with Crippen LogP contribution >= 0.6 is 0 Å². The van der Waals surface area contributed by atoms with Crippen molar-refractivity contribution in [1.29, 1.82) is 5.26 Å². The van der Waals surface area contributed by atoms with Crippen LogP contribution in [-0.4, -0.2) is 15.6 Å². The zero-order valence-corrected chi connectivity index (χ0v) is 15.1. The Kier molecular flexibility index (Phi) is 4.90. The van der Waals surface area contributed by atoms with Gasteiger partial charge in [0, 0.05) is 17.5 Å². The van der Waals surface area contributed by atoms with E-state index >= 15 is 0 Å². The van der Waals surface area contributed by atoms with Crippen LogP contribution in [0.5, 0.6) is 0 Å². The van der Waals surface area contributed by atoms with Crippen molar-refractivity contribution in [2.45, 2.75) is 20.8 Å². The molecule has 0 aliphatic heterocycles. The molecule has 3 rings (SSSR count). The predicted molar refractivity (Wildman–Crippen MR) is 98.7 cm³/mol. The third-order valence-corrected chi connectivity index (χ3v) is 4.10. The molecule has 0 bridgehead atoms. The van der Waals surface area contributed by atoms with E-state index in [1.165, 1.54) is 12.1 Å². The van der Waals surface area contributed by atoms with Crippen molar-refractivity contribution in [2.75, 3.05) is 5.32 Å². The number of nitriles is 1. The van der Waals surface area contributed by atoms with Gasteiger partial charge in [-0.1, -0.05) is 17.3 Å². The number of carbonyl (C=O) groups is 1. The summed E-state index contributed by atoms with van der Waals surface area (Å²) in [7, 11) is 0. The van der Waals surface area contributed by atoms with Crippen molar-refractivity contribution in [1.82, 2.24) is 9.72 Å². The molecule has 1 amide bonds. The molecule has 0 spiro atoms. The number of nitrogens with one attached hydrogen (secondary N) is 1. The van der Waals surface area contributed by atoms with E-state index in [2.05, 4.69) is 10.5 Å². The molecule has 136 valence electrons. The standard InChI is InChI=1S/C20H17FN4O2/c1-12-8-15(14(3)25(12)18-7-5-4-6-17(18)21)10-16(11-22)20(26)23-19-9-13(2)27-24-19/h4-10H,1-3H3,(H,23,24,26)/b16-10-. The molecule has 2 heterocycles. The molecule has 0 aliphatic carbocycles. The van der Waals surface area contributed by atoms with Crippen molar-refractivity contribution >= 4 is 17.8 Å². The molecule has 27 heavy (non-hydrogen) atoms. The average Bonchev–Trinajstić information content (AvgIpc) is 3.16. The Morgan fingerprint density at radius 2 is 2.04 bits per heavy atom. The molecule has 0 aliphatic rings. The number of hydrogen-bond acceptors (Lipinski definition) is 4. The summed E-state index contributed by atoms with van der Waals surface area (Å²) in [5.74, 6) is -0.173. The van der Waals surface area contributed by atoms with E-state index in [-0.39, 0.29) is 17.2 Å². The highest BCUT2D eigenvalue weighted by Gasteiger charge is 2.16. The van der Waals surface area contributed by atoms with Crippen LogP contribution < -0.4 is 5.32 Å². The number of carbonyl (C=O) groups excluding carboxylic acids is 1. The summed E-state index contributed by atoms with van der Waals surface area (Å²) in [4.78, 5) is 12.3. The lowest BCUT2D eigenvalue weighted by Gasteiger charge is -2.10. The van der Waals surface area contributed by atoms with Crippen LogP contribution in [0.25, 0.3) is 11.8 Å². The van der Waals surface area contributed by atoms with Gasteiger partial charge < -0.3 is 14.4 Å². The molecule has 1 N–H and O–H groups in total. The van der Waals surface area contributed by atoms with E-state index < -0.39 is 5.91 Å². The third-order valence-electron chi connectivity index (χ3n) is 4.10. The van der Waals surface area contributed by atoms with Gasteiger partial charge in [-0.25, -0.2) is 4.39 Å². The second kappa shape index (κ2) is 7.30. The van der Waals surface area contributed by atoms with Crippen molar-refractivity contribution < 1.29 is 13.7 Å². The Morgan fingerprint density at radius 1 is 1.30 bits per heavy atom. The maximum absolute atomic E-state index is 14.2. The van der Waals surface area contributed by atoms with Crippen LogP contribution in [0.2, 0.25) is 0 Å². The largest absolute Gasteiger partial charge is 0.360 e. The second-order valence-corrected chi connectivity index (χ2v) is 6.06. The molecule has 0 radical (unpaired) electrons. The highest BCUT2D eigenvalue weighted by atomic mass is 19.1. The van der Waals surface area contributed by atoms with Gasteiger partial charge in [-0.15, -0.1) is 0 Å². The van der Waals surface area contributed by atoms with Crippen molar-refractivity contribution in [3.63, 3.8) is 0 Å². The Hall–Kier alpha value is -3.66. The predicted octanol–water partition coefficient (Wildman–Crippen LogP) is 4.08. The highest BCUT2D eigenvalue weighted by molar-refractivity contribution is 6.09. The number of para-hydroxylation sites is 1. The van der Waals surface area contributed by atoms with Crippen LogP contribution in [0.4, 0.5) is 10.2 Å². The summed E-state index contributed by atoms with van der Waals surface area (Å²) in [5, 5.41) is 15.6. The minimum atomic E-state index is -0.596. The molecular formula is C20H17FN4O2. The summed E-state index contributed by atoms with van der Waals surface area (Å²) in [6.07, 6.45) is 1.47. The number of anilines is 1. The van der Waals surface area contributed by atoms with Gasteiger partial charge in [0.2, 0.25) is 0 Å². The second-order valence-electron chi connectivity index (χ2n) is 6.06. The van der Waals surface area contributed by atoms with E-state index in [0.29, 0.717) is 17.0 Å². The number of rotatable bonds is 4. The van der Waals surface area contributed by atoms with Gasteiger partial charge in [-0.05, 0) is 50.6 Å². The fourth-order valence-corrected chi connectivity index (χ4v) is 2.85. The van der Waals surface area contributed by atoms with Gasteiger partial charge in [-0.3, -0.25) is 4.79 Å². The molecule has 7 heteroatoms. The molecule has 0 saturated carbocycles. The number of nitrogens with zero attached hydrogens (tertiary/aromatic N) is 3. The molecule has 0 saturated heterocycles. The summed E-state index contributed by atoms with van der Waals surface area (Å²) in [5.41, 5.74) is 2.47. The lowest BCUT2D eigenvalue weighted by molar-refractivity contribution is -0.112. The maximum Gasteiger partial charge on any atom is 0.267 e. The van der Waals surface area contributed by atoms with Crippen LogP contribution in [0.3, 0.4) is 0 Å². The van der Waals surface area contributed by atoms with Crippen molar-refractivity contribution in [2.24, 2.45) is 0 Å². The maximum atomic E-state index is 14.2. The van der Waals surface area contributed by atoms with E-state index in [0.717, 1.165) is 11.4 Å². The average molecular weight is 364 g/mol. The number of benzene rings is 1. The smallest absolute Gasteiger partial charge is 0.267 e. The Morgan fingerprint density at radius 3 is 2.67 bits per heavy atom. The van der Waals surface area contributed by atoms with Gasteiger partial charge in [0.25, 0.3) is 5.91 Å². The first-order valence-electron chi connectivity index (χ1n) is 8.21. The zero-order valence-electron chi connectivity index (χ0n) is 15.1. The van der Waals surface area contributed by atoms with E-state index in [1.54, 1.807) is 48.7 Å². The fourth-order valence-electron chi connectivity index (χ4n) is 2.85. The van der Waals surface area contributed by atoms with E-state index in [9.17, 15) is 14.4 Å². The monoisotopic (exact) mass is 364 g/mol. The van der Waals surface area contributed by atoms with Crippen LogP contribution in [0.15, 0.2) is 46.5 Å². The normalized spacial score (nSPS) is 11.3. The number of halogens is 1. The van der Waals surface area contributed by atoms with Gasteiger partial charge in [0.15, 0.2) is 5.82 Å². The summed E-state index contributed by atoms with van der Waals surface area (Å²) in [6.45, 7) is 5.33. The zero-order chi connectivity index (χ0) is 19.6. The van der Waals surface area contributed by atoms with Crippen molar-refractivity contribution in [3.8, 4) is 11.8 Å². The van der Waals surface area contributed by atoms with Crippen LogP contribution in [-0.2, 0) is 4.79 Å². The minimum Gasteiger partial charge on any atom is -0.360 e. The SMILES string of the molecule is Cc1cc(NC(=O)/C(C#N)=C\c2cc(C)n(-c3ccccc3F)c2C)no1. The fraction of sp³-hybridized carbons (Fsp3) is 0.150. The minimum absolute atomic E-state index is 0.0931. The quantitative estimate of drug-likeness (QED) is 0.558. The molecule has 3 aromatic rings. The van der Waals surface area contributed by atoms with Crippen LogP contribution in [0.1, 0.15) is 22.7 Å².